The van der Waals surface area contributed by atoms with Gasteiger partial charge in [0.2, 0.25) is 5.95 Å². The first kappa shape index (κ1) is 8.10. The molecule has 2 rings (SSSR count). The van der Waals surface area contributed by atoms with Crippen LogP contribution in [0.3, 0.4) is 0 Å². The second kappa shape index (κ2) is 2.76. The molecule has 1 heterocycles. The Labute approximate surface area is 78.4 Å². The first-order valence-corrected chi connectivity index (χ1v) is 4.67. The molecule has 1 aliphatic carbocycles. The van der Waals surface area contributed by atoms with E-state index in [0.29, 0.717) is 16.2 Å². The maximum absolute atomic E-state index is 13.0. The van der Waals surface area contributed by atoms with Crippen LogP contribution in [0.2, 0.25) is 0 Å². The van der Waals surface area contributed by atoms with Crippen molar-refractivity contribution in [1.82, 2.24) is 9.97 Å². The minimum atomic E-state index is -0.440. The van der Waals surface area contributed by atoms with Crippen LogP contribution in [0.15, 0.2) is 4.47 Å². The van der Waals surface area contributed by atoms with Crippen molar-refractivity contribution in [2.24, 2.45) is 0 Å². The molecule has 0 aromatic carbocycles. The summed E-state index contributed by atoms with van der Waals surface area (Å²) in [7, 11) is 0. The summed E-state index contributed by atoms with van der Waals surface area (Å²) in [5.41, 5.74) is 0.833. The van der Waals surface area contributed by atoms with E-state index < -0.39 is 5.95 Å². The number of rotatable bonds is 1. The fourth-order valence-electron chi connectivity index (χ4n) is 1.17. The Hall–Kier alpha value is -0.510. The van der Waals surface area contributed by atoms with Gasteiger partial charge in [0.1, 0.15) is 5.82 Å². The summed E-state index contributed by atoms with van der Waals surface area (Å²) < 4.78 is 13.5. The van der Waals surface area contributed by atoms with Crippen molar-refractivity contribution >= 4 is 15.9 Å². The van der Waals surface area contributed by atoms with Gasteiger partial charge in [-0.05, 0) is 35.7 Å². The second-order valence-electron chi connectivity index (χ2n) is 3.04. The van der Waals surface area contributed by atoms with Crippen molar-refractivity contribution in [3.05, 3.63) is 21.9 Å². The summed E-state index contributed by atoms with van der Waals surface area (Å²) >= 11 is 3.15. The zero-order chi connectivity index (χ0) is 8.72. The van der Waals surface area contributed by atoms with Crippen LogP contribution in [0.4, 0.5) is 4.39 Å². The van der Waals surface area contributed by atoms with Gasteiger partial charge in [-0.2, -0.15) is 4.39 Å². The topological polar surface area (TPSA) is 25.8 Å². The third kappa shape index (κ3) is 1.35. The van der Waals surface area contributed by atoms with Gasteiger partial charge in [0.05, 0.1) is 10.2 Å². The van der Waals surface area contributed by atoms with Crippen molar-refractivity contribution < 1.29 is 4.39 Å². The number of hydrogen-bond acceptors (Lipinski definition) is 2. The summed E-state index contributed by atoms with van der Waals surface area (Å²) in [6.07, 6.45) is 2.24. The van der Waals surface area contributed by atoms with Crippen LogP contribution in [0.25, 0.3) is 0 Å². The van der Waals surface area contributed by atoms with E-state index in [1.165, 1.54) is 0 Å². The molecule has 0 radical (unpaired) electrons. The van der Waals surface area contributed by atoms with Crippen LogP contribution in [-0.4, -0.2) is 9.97 Å². The standard InChI is InChI=1S/C8H8BrFN2/c1-4-11-7(5-2-3-5)6(9)8(10)12-4/h5H,2-3H2,1H3. The van der Waals surface area contributed by atoms with Crippen molar-refractivity contribution in [3.63, 3.8) is 0 Å². The first-order valence-electron chi connectivity index (χ1n) is 3.88. The molecule has 0 amide bonds. The van der Waals surface area contributed by atoms with Crippen molar-refractivity contribution in [2.75, 3.05) is 0 Å². The molecule has 2 nitrogen and oxygen atoms in total. The predicted molar refractivity (Wildman–Crippen MR) is 46.4 cm³/mol. The van der Waals surface area contributed by atoms with Gasteiger partial charge in [0, 0.05) is 5.92 Å². The molecular weight excluding hydrogens is 223 g/mol. The van der Waals surface area contributed by atoms with Crippen LogP contribution in [0.5, 0.6) is 0 Å². The van der Waals surface area contributed by atoms with Crippen LogP contribution in [0.1, 0.15) is 30.3 Å². The Balaban J connectivity index is 2.51. The Morgan fingerprint density at radius 3 is 2.67 bits per heavy atom. The molecule has 1 aromatic rings. The van der Waals surface area contributed by atoms with Crippen molar-refractivity contribution in [1.29, 1.82) is 0 Å². The Kier molecular flexibility index (Phi) is 1.87. The van der Waals surface area contributed by atoms with Gasteiger partial charge in [-0.3, -0.25) is 0 Å². The van der Waals surface area contributed by atoms with Crippen LogP contribution < -0.4 is 0 Å². The van der Waals surface area contributed by atoms with Gasteiger partial charge in [0.25, 0.3) is 0 Å². The van der Waals surface area contributed by atoms with Gasteiger partial charge in [-0.25, -0.2) is 9.97 Å². The second-order valence-corrected chi connectivity index (χ2v) is 3.83. The van der Waals surface area contributed by atoms with E-state index in [1.54, 1.807) is 6.92 Å². The van der Waals surface area contributed by atoms with Crippen molar-refractivity contribution in [3.8, 4) is 0 Å². The van der Waals surface area contributed by atoms with E-state index in [1.807, 2.05) is 0 Å². The van der Waals surface area contributed by atoms with E-state index in [0.717, 1.165) is 18.5 Å². The third-order valence-electron chi connectivity index (χ3n) is 1.91. The minimum absolute atomic E-state index is 0.440. The average Bonchev–Trinajstić information content (AvgIpc) is 2.79. The molecule has 0 atom stereocenters. The molecule has 4 heteroatoms. The molecule has 0 unspecified atom stereocenters. The summed E-state index contributed by atoms with van der Waals surface area (Å²) in [5, 5.41) is 0. The summed E-state index contributed by atoms with van der Waals surface area (Å²) in [6.45, 7) is 1.71. The number of halogens is 2. The average molecular weight is 231 g/mol. The van der Waals surface area contributed by atoms with Gasteiger partial charge in [-0.1, -0.05) is 0 Å². The molecule has 0 aliphatic heterocycles. The molecule has 0 saturated heterocycles. The van der Waals surface area contributed by atoms with Gasteiger partial charge in [-0.15, -0.1) is 0 Å². The predicted octanol–water partition coefficient (Wildman–Crippen LogP) is 2.56. The normalized spacial score (nSPS) is 16.6. The monoisotopic (exact) mass is 230 g/mol. The van der Waals surface area contributed by atoms with Crippen LogP contribution in [0, 0.1) is 12.9 Å². The molecule has 64 valence electrons. The van der Waals surface area contributed by atoms with Crippen molar-refractivity contribution in [2.45, 2.75) is 25.7 Å². The van der Waals surface area contributed by atoms with E-state index >= 15 is 0 Å². The zero-order valence-electron chi connectivity index (χ0n) is 6.64. The van der Waals surface area contributed by atoms with Crippen LogP contribution in [-0.2, 0) is 0 Å². The highest BCUT2D eigenvalue weighted by Gasteiger charge is 2.29. The fraction of sp³-hybridized carbons (Fsp3) is 0.500. The van der Waals surface area contributed by atoms with Crippen LogP contribution >= 0.6 is 15.9 Å². The Morgan fingerprint density at radius 2 is 2.08 bits per heavy atom. The molecule has 12 heavy (non-hydrogen) atoms. The third-order valence-corrected chi connectivity index (χ3v) is 2.65. The highest BCUT2D eigenvalue weighted by Crippen LogP contribution is 2.42. The lowest BCUT2D eigenvalue weighted by Gasteiger charge is -2.02. The highest BCUT2D eigenvalue weighted by molar-refractivity contribution is 9.10. The zero-order valence-corrected chi connectivity index (χ0v) is 8.23. The van der Waals surface area contributed by atoms with E-state index in [4.69, 9.17) is 0 Å². The smallest absolute Gasteiger partial charge is 0.230 e. The largest absolute Gasteiger partial charge is 0.237 e. The lowest BCUT2D eigenvalue weighted by molar-refractivity contribution is 0.561. The minimum Gasteiger partial charge on any atom is -0.237 e. The molecule has 1 saturated carbocycles. The number of hydrogen-bond donors (Lipinski definition) is 0. The molecule has 1 fully saturated rings. The SMILES string of the molecule is Cc1nc(F)c(Br)c(C2CC2)n1. The first-order chi connectivity index (χ1) is 5.68. The number of nitrogens with zero attached hydrogens (tertiary/aromatic N) is 2. The van der Waals surface area contributed by atoms with E-state index in [2.05, 4.69) is 25.9 Å². The fourth-order valence-corrected chi connectivity index (χ4v) is 1.67. The molecule has 0 N–H and O–H groups in total. The quantitative estimate of drug-likeness (QED) is 0.694. The molecule has 1 aliphatic rings. The lowest BCUT2D eigenvalue weighted by Crippen LogP contribution is -1.99. The van der Waals surface area contributed by atoms with E-state index in [9.17, 15) is 4.39 Å². The number of aromatic nitrogens is 2. The summed E-state index contributed by atoms with van der Waals surface area (Å²) in [5.74, 6) is 0.526. The molecule has 0 bridgehead atoms. The Bertz CT molecular complexity index is 323. The van der Waals surface area contributed by atoms with Gasteiger partial charge < -0.3 is 0 Å². The maximum atomic E-state index is 13.0. The molecule has 0 spiro atoms. The maximum Gasteiger partial charge on any atom is 0.230 e. The van der Waals surface area contributed by atoms with Gasteiger partial charge in [0.15, 0.2) is 0 Å². The lowest BCUT2D eigenvalue weighted by atomic mass is 10.3. The highest BCUT2D eigenvalue weighted by atomic mass is 79.9. The van der Waals surface area contributed by atoms with Gasteiger partial charge >= 0.3 is 0 Å². The molecule has 1 aromatic heterocycles. The Morgan fingerprint density at radius 1 is 1.42 bits per heavy atom. The number of aryl methyl sites for hydroxylation is 1. The molecular formula is C8H8BrFN2. The van der Waals surface area contributed by atoms with E-state index in [-0.39, 0.29) is 0 Å². The summed E-state index contributed by atoms with van der Waals surface area (Å²) in [4.78, 5) is 7.82. The summed E-state index contributed by atoms with van der Waals surface area (Å²) in [6, 6.07) is 0.